The largest absolute Gasteiger partial charge is 0.243 e. The predicted molar refractivity (Wildman–Crippen MR) is 68.8 cm³/mol. The molecule has 0 aromatic carbocycles. The van der Waals surface area contributed by atoms with Crippen LogP contribution in [-0.2, 0) is 0 Å². The number of rotatable bonds is 0. The summed E-state index contributed by atoms with van der Waals surface area (Å²) >= 11 is 0. The zero-order valence-corrected chi connectivity index (χ0v) is 10.7. The van der Waals surface area contributed by atoms with Gasteiger partial charge >= 0.3 is 0 Å². The van der Waals surface area contributed by atoms with Crippen molar-refractivity contribution in [1.82, 2.24) is 55.1 Å². The van der Waals surface area contributed by atoms with Gasteiger partial charge in [-0.15, -0.1) is 0 Å². The Kier molecular flexibility index (Phi) is 11.3. The molecule has 0 atom stereocenters. The molecule has 1 rings (SSSR count). The lowest BCUT2D eigenvalue weighted by Gasteiger charge is -2.14. The first-order chi connectivity index (χ1) is 9.00. The van der Waals surface area contributed by atoms with Gasteiger partial charge in [0, 0.05) is 13.1 Å². The first kappa shape index (κ1) is 15.7. The molecule has 0 unspecified atom stereocenters. The molecule has 0 amide bonds. The third-order valence-corrected chi connectivity index (χ3v) is 2.47. The fraction of sp³-hybridized carbons (Fsp3) is 1.00. The summed E-state index contributed by atoms with van der Waals surface area (Å²) in [5, 5.41) is 0. The molecule has 0 saturated carbocycles. The highest BCUT2D eigenvalue weighted by molar-refractivity contribution is 4.48. The van der Waals surface area contributed by atoms with Gasteiger partial charge in [0.2, 0.25) is 0 Å². The van der Waals surface area contributed by atoms with Crippen molar-refractivity contribution in [1.29, 1.82) is 0 Å². The monoisotopic (exact) mass is 262 g/mol. The Balaban J connectivity index is 2.00. The van der Waals surface area contributed by atoms with Gasteiger partial charge in [-0.1, -0.05) is 25.7 Å². The van der Waals surface area contributed by atoms with Crippen molar-refractivity contribution < 1.29 is 0 Å². The van der Waals surface area contributed by atoms with E-state index in [1.807, 2.05) is 0 Å². The van der Waals surface area contributed by atoms with Gasteiger partial charge in [0.15, 0.2) is 0 Å². The summed E-state index contributed by atoms with van der Waals surface area (Å²) in [5.74, 6) is 0. The van der Waals surface area contributed by atoms with Crippen molar-refractivity contribution in [3.05, 3.63) is 0 Å². The number of hydrogen-bond donors (Lipinski definition) is 10. The van der Waals surface area contributed by atoms with E-state index in [-0.39, 0.29) is 0 Å². The molecule has 1 aliphatic rings. The molecule has 0 bridgehead atoms. The number of hydrazine groups is 9. The molecule has 1 saturated heterocycles. The van der Waals surface area contributed by atoms with Gasteiger partial charge in [-0.2, -0.15) is 44.3 Å². The first-order valence-corrected chi connectivity index (χ1v) is 6.46. The van der Waals surface area contributed by atoms with Crippen LogP contribution in [0.15, 0.2) is 0 Å². The molecular weight excluding hydrogens is 236 g/mol. The van der Waals surface area contributed by atoms with Crippen LogP contribution in [0.25, 0.3) is 0 Å². The normalized spacial score (nSPS) is 24.0. The zero-order chi connectivity index (χ0) is 12.7. The predicted octanol–water partition coefficient (Wildman–Crippen LogP) is -2.53. The molecule has 18 heavy (non-hydrogen) atoms. The Hall–Kier alpha value is -0.400. The standard InChI is InChI=1S/C8H26N10/c1-2-4-6-8-10-12-14-16-18-17-15-13-11-9-7-5-3-1/h9-18H,1-8H2. The van der Waals surface area contributed by atoms with Gasteiger partial charge in [0.25, 0.3) is 0 Å². The zero-order valence-electron chi connectivity index (χ0n) is 10.7. The topological polar surface area (TPSA) is 120 Å². The van der Waals surface area contributed by atoms with E-state index >= 15 is 0 Å². The minimum atomic E-state index is 0.938. The minimum absolute atomic E-state index is 0.938. The van der Waals surface area contributed by atoms with Crippen LogP contribution in [0, 0.1) is 0 Å². The fourth-order valence-electron chi connectivity index (χ4n) is 1.53. The highest BCUT2D eigenvalue weighted by Gasteiger charge is 1.92. The Labute approximate surface area is 108 Å². The van der Waals surface area contributed by atoms with Crippen molar-refractivity contribution in [2.45, 2.75) is 38.5 Å². The highest BCUT2D eigenvalue weighted by atomic mass is 15.9. The van der Waals surface area contributed by atoms with E-state index in [9.17, 15) is 0 Å². The maximum atomic E-state index is 3.04. The Morgan fingerprint density at radius 2 is 0.667 bits per heavy atom. The van der Waals surface area contributed by atoms with Gasteiger partial charge < -0.3 is 0 Å². The Morgan fingerprint density at radius 1 is 0.333 bits per heavy atom. The van der Waals surface area contributed by atoms with Crippen molar-refractivity contribution in [3.8, 4) is 0 Å². The van der Waals surface area contributed by atoms with Crippen LogP contribution in [0.4, 0.5) is 0 Å². The highest BCUT2D eigenvalue weighted by Crippen LogP contribution is 2.03. The molecule has 10 heteroatoms. The smallest absolute Gasteiger partial charge is 0.0113 e. The lowest BCUT2D eigenvalue weighted by molar-refractivity contribution is 0.231. The van der Waals surface area contributed by atoms with Crippen molar-refractivity contribution in [2.75, 3.05) is 13.1 Å². The van der Waals surface area contributed by atoms with Crippen LogP contribution in [0.2, 0.25) is 0 Å². The number of hydrogen-bond acceptors (Lipinski definition) is 10. The number of nitrogens with one attached hydrogen (secondary N) is 10. The van der Waals surface area contributed by atoms with E-state index in [0.29, 0.717) is 0 Å². The van der Waals surface area contributed by atoms with Gasteiger partial charge in [-0.05, 0) is 12.8 Å². The minimum Gasteiger partial charge on any atom is -0.243 e. The fourth-order valence-corrected chi connectivity index (χ4v) is 1.53. The summed E-state index contributed by atoms with van der Waals surface area (Å²) in [6, 6.07) is 0. The summed E-state index contributed by atoms with van der Waals surface area (Å²) < 4.78 is 0. The average molecular weight is 262 g/mol. The first-order valence-electron chi connectivity index (χ1n) is 6.46. The Bertz CT molecular complexity index is 92.9. The van der Waals surface area contributed by atoms with Crippen molar-refractivity contribution >= 4 is 0 Å². The molecule has 10 N–H and O–H groups in total. The van der Waals surface area contributed by atoms with Crippen LogP contribution in [0.5, 0.6) is 0 Å². The molecule has 1 fully saturated rings. The van der Waals surface area contributed by atoms with E-state index in [2.05, 4.69) is 55.1 Å². The summed E-state index contributed by atoms with van der Waals surface area (Å²) in [4.78, 5) is 0. The molecular formula is C8H26N10. The van der Waals surface area contributed by atoms with E-state index in [1.165, 1.54) is 38.5 Å². The lowest BCUT2D eigenvalue weighted by atomic mass is 10.1. The van der Waals surface area contributed by atoms with Crippen molar-refractivity contribution in [2.24, 2.45) is 0 Å². The van der Waals surface area contributed by atoms with Crippen molar-refractivity contribution in [3.63, 3.8) is 0 Å². The van der Waals surface area contributed by atoms with Crippen LogP contribution in [0.1, 0.15) is 38.5 Å². The van der Waals surface area contributed by atoms with Gasteiger partial charge in [0.05, 0.1) is 0 Å². The summed E-state index contributed by atoms with van der Waals surface area (Å²) in [7, 11) is 0. The molecule has 0 spiro atoms. The molecule has 1 heterocycles. The lowest BCUT2D eigenvalue weighted by Crippen LogP contribution is -2.65. The van der Waals surface area contributed by atoms with Crippen LogP contribution < -0.4 is 55.1 Å². The third-order valence-electron chi connectivity index (χ3n) is 2.47. The molecule has 10 nitrogen and oxygen atoms in total. The van der Waals surface area contributed by atoms with E-state index < -0.39 is 0 Å². The molecule has 0 radical (unpaired) electrons. The quantitative estimate of drug-likeness (QED) is 0.229. The Morgan fingerprint density at radius 3 is 1.11 bits per heavy atom. The average Bonchev–Trinajstić information content (AvgIpc) is 2.39. The molecule has 0 aliphatic carbocycles. The maximum absolute atomic E-state index is 3.04. The van der Waals surface area contributed by atoms with Crippen LogP contribution in [-0.4, -0.2) is 13.1 Å². The summed E-state index contributed by atoms with van der Waals surface area (Å²) in [5.41, 5.74) is 27.7. The second kappa shape index (κ2) is 13.0. The van der Waals surface area contributed by atoms with Gasteiger partial charge in [-0.25, -0.2) is 10.9 Å². The van der Waals surface area contributed by atoms with E-state index in [0.717, 1.165) is 13.1 Å². The van der Waals surface area contributed by atoms with Crippen LogP contribution >= 0.6 is 0 Å². The second-order valence-electron chi connectivity index (χ2n) is 3.97. The molecule has 108 valence electrons. The third kappa shape index (κ3) is 10.7. The van der Waals surface area contributed by atoms with Crippen LogP contribution in [0.3, 0.4) is 0 Å². The summed E-state index contributed by atoms with van der Waals surface area (Å²) in [6.07, 6.45) is 7.47. The summed E-state index contributed by atoms with van der Waals surface area (Å²) in [6.45, 7) is 1.88. The van der Waals surface area contributed by atoms with Gasteiger partial charge in [0.1, 0.15) is 0 Å². The molecule has 0 aromatic rings. The molecule has 0 aromatic heterocycles. The molecule has 1 aliphatic heterocycles. The van der Waals surface area contributed by atoms with E-state index in [4.69, 9.17) is 0 Å². The maximum Gasteiger partial charge on any atom is 0.0113 e. The SMILES string of the molecule is C1CCCCNNNNNNNNNNCCC1. The second-order valence-corrected chi connectivity index (χ2v) is 3.97. The van der Waals surface area contributed by atoms with Gasteiger partial charge in [-0.3, -0.25) is 0 Å². The van der Waals surface area contributed by atoms with E-state index in [1.54, 1.807) is 0 Å².